The van der Waals surface area contributed by atoms with E-state index in [1.807, 2.05) is 24.3 Å². The molecule has 108 valence electrons. The molecule has 0 fully saturated rings. The highest BCUT2D eigenvalue weighted by molar-refractivity contribution is 7.89. The Labute approximate surface area is 123 Å². The van der Waals surface area contributed by atoms with Gasteiger partial charge in [-0.25, -0.2) is 13.4 Å². The van der Waals surface area contributed by atoms with Crippen molar-refractivity contribution < 1.29 is 8.42 Å². The minimum atomic E-state index is -3.50. The number of hydrogen-bond donors (Lipinski definition) is 1. The van der Waals surface area contributed by atoms with E-state index < -0.39 is 10.0 Å². The Balaban J connectivity index is 1.80. The molecule has 1 aliphatic rings. The monoisotopic (exact) mass is 301 g/mol. The van der Waals surface area contributed by atoms with Crippen molar-refractivity contribution in [2.24, 2.45) is 4.99 Å². The van der Waals surface area contributed by atoms with Crippen LogP contribution in [0.3, 0.4) is 0 Å². The summed E-state index contributed by atoms with van der Waals surface area (Å²) in [6.45, 7) is 0.351. The molecule has 1 aliphatic heterocycles. The van der Waals surface area contributed by atoms with Gasteiger partial charge in [0, 0.05) is 12.2 Å². The van der Waals surface area contributed by atoms with E-state index >= 15 is 0 Å². The summed E-state index contributed by atoms with van der Waals surface area (Å²) in [6.07, 6.45) is 1.99. The number of sulfonamides is 1. The van der Waals surface area contributed by atoms with Crippen LogP contribution in [0.5, 0.6) is 0 Å². The molecule has 6 heteroatoms. The van der Waals surface area contributed by atoms with Crippen LogP contribution in [0.4, 0.5) is 11.4 Å². The predicted octanol–water partition coefficient (Wildman–Crippen LogP) is 2.18. The molecular formula is C15H15N3O2S. The molecule has 2 aromatic carbocycles. The lowest BCUT2D eigenvalue weighted by atomic mass is 10.1. The van der Waals surface area contributed by atoms with Gasteiger partial charge in [0.2, 0.25) is 0 Å². The molecule has 0 amide bonds. The zero-order valence-electron chi connectivity index (χ0n) is 11.3. The number of fused-ring (bicyclic) bond motifs is 1. The summed E-state index contributed by atoms with van der Waals surface area (Å²) in [6, 6.07) is 14.2. The van der Waals surface area contributed by atoms with Gasteiger partial charge in [-0.05, 0) is 36.2 Å². The number of aliphatic imine (C=N–C) groups is 1. The Morgan fingerprint density at radius 3 is 2.52 bits per heavy atom. The van der Waals surface area contributed by atoms with E-state index in [1.165, 1.54) is 10.6 Å². The molecule has 0 saturated carbocycles. The Morgan fingerprint density at radius 2 is 1.76 bits per heavy atom. The van der Waals surface area contributed by atoms with Gasteiger partial charge in [-0.3, -0.25) is 4.31 Å². The Morgan fingerprint density at radius 1 is 1.05 bits per heavy atom. The quantitative estimate of drug-likeness (QED) is 0.883. The first-order valence-electron chi connectivity index (χ1n) is 6.57. The average molecular weight is 301 g/mol. The van der Waals surface area contributed by atoms with Gasteiger partial charge in [-0.2, -0.15) is 0 Å². The number of nitrogens with zero attached hydrogens (tertiary/aromatic N) is 2. The summed E-state index contributed by atoms with van der Waals surface area (Å²) in [5.74, 6) is 0. The molecule has 2 aromatic rings. The second-order valence-corrected chi connectivity index (χ2v) is 6.68. The third-order valence-electron chi connectivity index (χ3n) is 3.38. The van der Waals surface area contributed by atoms with Crippen LogP contribution in [0.1, 0.15) is 5.56 Å². The van der Waals surface area contributed by atoms with Crippen LogP contribution in [0.25, 0.3) is 0 Å². The minimum absolute atomic E-state index is 0.254. The van der Waals surface area contributed by atoms with Gasteiger partial charge >= 0.3 is 0 Å². The van der Waals surface area contributed by atoms with Crippen molar-refractivity contribution in [3.05, 3.63) is 54.1 Å². The van der Waals surface area contributed by atoms with Gasteiger partial charge in [-0.15, -0.1) is 0 Å². The van der Waals surface area contributed by atoms with Crippen molar-refractivity contribution in [3.63, 3.8) is 0 Å². The third kappa shape index (κ3) is 2.62. The summed E-state index contributed by atoms with van der Waals surface area (Å²) in [5, 5.41) is 0. The van der Waals surface area contributed by atoms with Crippen LogP contribution in [-0.2, 0) is 16.4 Å². The van der Waals surface area contributed by atoms with Crippen LogP contribution in [0, 0.1) is 0 Å². The van der Waals surface area contributed by atoms with E-state index in [2.05, 4.69) is 4.99 Å². The van der Waals surface area contributed by atoms with Gasteiger partial charge in [0.1, 0.15) is 11.2 Å². The maximum Gasteiger partial charge on any atom is 0.267 e. The van der Waals surface area contributed by atoms with E-state index in [4.69, 9.17) is 5.73 Å². The maximum absolute atomic E-state index is 12.5. The van der Waals surface area contributed by atoms with E-state index in [1.54, 1.807) is 24.3 Å². The van der Waals surface area contributed by atoms with Crippen LogP contribution < -0.4 is 5.73 Å². The largest absolute Gasteiger partial charge is 0.399 e. The average Bonchev–Trinajstić information content (AvgIpc) is 2.48. The highest BCUT2D eigenvalue weighted by Gasteiger charge is 2.27. The van der Waals surface area contributed by atoms with Crippen molar-refractivity contribution in [2.45, 2.75) is 11.3 Å². The smallest absolute Gasteiger partial charge is 0.267 e. The normalized spacial score (nSPS) is 15.7. The summed E-state index contributed by atoms with van der Waals surface area (Å²) in [5.41, 5.74) is 7.85. The van der Waals surface area contributed by atoms with E-state index in [0.29, 0.717) is 24.3 Å². The van der Waals surface area contributed by atoms with Gasteiger partial charge in [0.15, 0.2) is 0 Å². The third-order valence-corrected chi connectivity index (χ3v) is 5.17. The number of anilines is 1. The first-order valence-corrected chi connectivity index (χ1v) is 8.01. The second-order valence-electron chi connectivity index (χ2n) is 4.82. The number of hydrogen-bond acceptors (Lipinski definition) is 4. The van der Waals surface area contributed by atoms with Gasteiger partial charge < -0.3 is 5.73 Å². The molecule has 0 atom stereocenters. The Kier molecular flexibility index (Phi) is 3.39. The van der Waals surface area contributed by atoms with Crippen LogP contribution in [0.2, 0.25) is 0 Å². The summed E-state index contributed by atoms with van der Waals surface area (Å²) < 4.78 is 26.3. The van der Waals surface area contributed by atoms with Gasteiger partial charge in [0.25, 0.3) is 10.0 Å². The van der Waals surface area contributed by atoms with Gasteiger partial charge in [0.05, 0.1) is 5.69 Å². The number of benzene rings is 2. The van der Waals surface area contributed by atoms with Crippen LogP contribution in [-0.4, -0.2) is 25.6 Å². The summed E-state index contributed by atoms with van der Waals surface area (Å²) in [7, 11) is -3.50. The lowest BCUT2D eigenvalue weighted by molar-refractivity contribution is 0.524. The van der Waals surface area contributed by atoms with Gasteiger partial charge in [-0.1, -0.05) is 24.3 Å². The molecule has 21 heavy (non-hydrogen) atoms. The number of nitrogen functional groups attached to an aromatic ring is 1. The summed E-state index contributed by atoms with van der Waals surface area (Å²) >= 11 is 0. The van der Waals surface area contributed by atoms with Crippen molar-refractivity contribution in [2.75, 3.05) is 12.3 Å². The maximum atomic E-state index is 12.5. The molecule has 5 nitrogen and oxygen atoms in total. The van der Waals surface area contributed by atoms with Crippen molar-refractivity contribution in [1.29, 1.82) is 0 Å². The second kappa shape index (κ2) is 5.21. The molecular weight excluding hydrogens is 286 g/mol. The first-order chi connectivity index (χ1) is 10.1. The van der Waals surface area contributed by atoms with E-state index in [-0.39, 0.29) is 4.90 Å². The van der Waals surface area contributed by atoms with Crippen molar-refractivity contribution >= 4 is 27.7 Å². The zero-order valence-corrected chi connectivity index (χ0v) is 12.1. The molecule has 0 bridgehead atoms. The molecule has 0 radical (unpaired) electrons. The Bertz CT molecular complexity index is 783. The molecule has 0 aromatic heterocycles. The SMILES string of the molecule is Nc1ccc(CCN2C=Nc3ccccc3S2(=O)=O)cc1. The number of para-hydroxylation sites is 1. The van der Waals surface area contributed by atoms with Crippen molar-refractivity contribution in [3.8, 4) is 0 Å². The standard InChI is InChI=1S/C15H15N3O2S/c16-13-7-5-12(6-8-13)9-10-18-11-17-14-3-1-2-4-15(14)21(18,19)20/h1-8,11H,9-10,16H2. The minimum Gasteiger partial charge on any atom is -0.399 e. The Hall–Kier alpha value is -2.34. The van der Waals surface area contributed by atoms with E-state index in [0.717, 1.165) is 5.56 Å². The lowest BCUT2D eigenvalue weighted by Gasteiger charge is -2.23. The zero-order chi connectivity index (χ0) is 14.9. The van der Waals surface area contributed by atoms with Crippen LogP contribution >= 0.6 is 0 Å². The van der Waals surface area contributed by atoms with E-state index in [9.17, 15) is 8.42 Å². The topological polar surface area (TPSA) is 75.8 Å². The molecule has 0 spiro atoms. The fourth-order valence-corrected chi connectivity index (χ4v) is 3.59. The fraction of sp³-hybridized carbons (Fsp3) is 0.133. The molecule has 3 rings (SSSR count). The first kappa shape index (κ1) is 13.6. The molecule has 0 unspecified atom stereocenters. The highest BCUT2D eigenvalue weighted by atomic mass is 32.2. The summed E-state index contributed by atoms with van der Waals surface area (Å²) in [4.78, 5) is 4.45. The predicted molar refractivity (Wildman–Crippen MR) is 83.0 cm³/mol. The highest BCUT2D eigenvalue weighted by Crippen LogP contribution is 2.29. The van der Waals surface area contributed by atoms with Crippen LogP contribution in [0.15, 0.2) is 58.4 Å². The fourth-order valence-electron chi connectivity index (χ4n) is 2.20. The number of nitrogens with two attached hydrogens (primary N) is 1. The van der Waals surface area contributed by atoms with Crippen molar-refractivity contribution in [1.82, 2.24) is 4.31 Å². The molecule has 2 N–H and O–H groups in total. The molecule has 1 heterocycles. The molecule has 0 aliphatic carbocycles. The lowest BCUT2D eigenvalue weighted by Crippen LogP contribution is -2.33. The number of rotatable bonds is 3. The molecule has 0 saturated heterocycles.